The Morgan fingerprint density at radius 1 is 1.24 bits per heavy atom. The first-order chi connectivity index (χ1) is 14.2. The van der Waals surface area contributed by atoms with Crippen LogP contribution in [0, 0.1) is 11.7 Å². The summed E-state index contributed by atoms with van der Waals surface area (Å²) in [5.74, 6) is 2.07. The molecule has 1 fully saturated rings. The van der Waals surface area contributed by atoms with E-state index in [1.165, 1.54) is 25.0 Å². The lowest BCUT2D eigenvalue weighted by Crippen LogP contribution is -2.38. The molecule has 1 aromatic carbocycles. The minimum atomic E-state index is -0.341. The number of ether oxygens (including phenoxy) is 2. The van der Waals surface area contributed by atoms with Gasteiger partial charge in [0.1, 0.15) is 11.6 Å². The zero-order chi connectivity index (χ0) is 20.3. The second-order valence-corrected chi connectivity index (χ2v) is 7.06. The number of rotatable bonds is 11. The molecule has 0 spiro atoms. The molecule has 156 valence electrons. The summed E-state index contributed by atoms with van der Waals surface area (Å²) in [5, 5.41) is 6.56. The van der Waals surface area contributed by atoms with Gasteiger partial charge in [-0.1, -0.05) is 12.1 Å². The summed E-state index contributed by atoms with van der Waals surface area (Å²) < 4.78 is 24.4. The third-order valence-corrected chi connectivity index (χ3v) is 4.39. The van der Waals surface area contributed by atoms with Crippen LogP contribution in [-0.2, 0) is 11.3 Å². The van der Waals surface area contributed by atoms with Crippen molar-refractivity contribution in [2.45, 2.75) is 32.7 Å². The maximum Gasteiger partial charge on any atom is 0.219 e. The molecule has 1 aliphatic rings. The predicted molar refractivity (Wildman–Crippen MR) is 112 cm³/mol. The van der Waals surface area contributed by atoms with E-state index in [9.17, 15) is 4.39 Å². The Kier molecular flexibility index (Phi) is 8.25. The van der Waals surface area contributed by atoms with Gasteiger partial charge in [-0.2, -0.15) is 0 Å². The monoisotopic (exact) mass is 400 g/mol. The zero-order valence-corrected chi connectivity index (χ0v) is 16.9. The highest BCUT2D eigenvalue weighted by atomic mass is 19.1. The van der Waals surface area contributed by atoms with Crippen molar-refractivity contribution in [3.8, 4) is 11.6 Å². The van der Waals surface area contributed by atoms with Gasteiger partial charge in [-0.3, -0.25) is 0 Å². The number of hydrogen-bond acceptors (Lipinski definition) is 4. The number of aromatic nitrogens is 1. The number of benzene rings is 1. The Balaban J connectivity index is 1.42. The third kappa shape index (κ3) is 8.07. The molecule has 1 aliphatic carbocycles. The average Bonchev–Trinajstić information content (AvgIpc) is 3.54. The molecule has 3 rings (SSSR count). The summed E-state index contributed by atoms with van der Waals surface area (Å²) in [5.41, 5.74) is 0.960. The molecule has 0 aliphatic heterocycles. The van der Waals surface area contributed by atoms with Crippen LogP contribution >= 0.6 is 0 Å². The molecule has 1 saturated carbocycles. The van der Waals surface area contributed by atoms with E-state index in [4.69, 9.17) is 9.47 Å². The lowest BCUT2D eigenvalue weighted by atomic mass is 10.3. The van der Waals surface area contributed by atoms with Crippen LogP contribution < -0.4 is 15.4 Å². The summed E-state index contributed by atoms with van der Waals surface area (Å²) in [6, 6.07) is 9.65. The quantitative estimate of drug-likeness (QED) is 0.340. The van der Waals surface area contributed by atoms with Crippen LogP contribution in [0.2, 0.25) is 0 Å². The van der Waals surface area contributed by atoms with Crippen LogP contribution in [-0.4, -0.2) is 37.2 Å². The number of aliphatic imine (C=N–C) groups is 1. The Bertz CT molecular complexity index is 779. The first kappa shape index (κ1) is 21.0. The molecule has 2 aromatic rings. The number of halogens is 1. The molecule has 0 atom stereocenters. The molecule has 7 heteroatoms. The summed E-state index contributed by atoms with van der Waals surface area (Å²) in [6.07, 6.45) is 5.31. The average molecular weight is 400 g/mol. The number of nitrogens with one attached hydrogen (secondary N) is 2. The van der Waals surface area contributed by atoms with Crippen LogP contribution in [0.1, 0.15) is 31.7 Å². The molecular weight excluding hydrogens is 371 g/mol. The van der Waals surface area contributed by atoms with E-state index >= 15 is 0 Å². The van der Waals surface area contributed by atoms with E-state index in [1.807, 2.05) is 13.0 Å². The molecule has 1 aromatic heterocycles. The van der Waals surface area contributed by atoms with Crippen LogP contribution in [0.3, 0.4) is 0 Å². The SMILES string of the molecule is CCNC(=NCc1ccc(Oc2cccc(F)c2)nc1)NCCCOCC1CC1. The fraction of sp³-hybridized carbons (Fsp3) is 0.455. The molecule has 0 saturated heterocycles. The van der Waals surface area contributed by atoms with Crippen molar-refractivity contribution in [1.29, 1.82) is 0 Å². The Hall–Kier alpha value is -2.67. The van der Waals surface area contributed by atoms with Gasteiger partial charge >= 0.3 is 0 Å². The van der Waals surface area contributed by atoms with Crippen LogP contribution in [0.5, 0.6) is 11.6 Å². The van der Waals surface area contributed by atoms with Gasteiger partial charge < -0.3 is 20.1 Å². The molecule has 0 bridgehead atoms. The second kappa shape index (κ2) is 11.4. The lowest BCUT2D eigenvalue weighted by Gasteiger charge is -2.11. The third-order valence-electron chi connectivity index (χ3n) is 4.39. The number of guanidine groups is 1. The van der Waals surface area contributed by atoms with E-state index < -0.39 is 0 Å². The molecular formula is C22H29FN4O2. The van der Waals surface area contributed by atoms with Gasteiger partial charge in [0.2, 0.25) is 5.88 Å². The van der Waals surface area contributed by atoms with Crippen molar-refractivity contribution in [1.82, 2.24) is 15.6 Å². The highest BCUT2D eigenvalue weighted by Crippen LogP contribution is 2.28. The minimum Gasteiger partial charge on any atom is -0.439 e. The van der Waals surface area contributed by atoms with Crippen LogP contribution in [0.25, 0.3) is 0 Å². The minimum absolute atomic E-state index is 0.341. The molecule has 29 heavy (non-hydrogen) atoms. The Morgan fingerprint density at radius 2 is 2.14 bits per heavy atom. The van der Waals surface area contributed by atoms with Gasteiger partial charge in [0.05, 0.1) is 6.54 Å². The standard InChI is InChI=1S/C22H29FN4O2/c1-2-24-22(25-11-4-12-28-16-17-7-8-17)27-15-18-9-10-21(26-14-18)29-20-6-3-5-19(23)13-20/h3,5-6,9-10,13-14,17H,2,4,7-8,11-12,15-16H2,1H3,(H2,24,25,27). The summed E-state index contributed by atoms with van der Waals surface area (Å²) in [6.45, 7) is 5.83. The molecule has 1 heterocycles. The van der Waals surface area contributed by atoms with Gasteiger partial charge in [0.25, 0.3) is 0 Å². The topological polar surface area (TPSA) is 67.8 Å². The molecule has 0 unspecified atom stereocenters. The van der Waals surface area contributed by atoms with Crippen molar-refractivity contribution in [3.63, 3.8) is 0 Å². The van der Waals surface area contributed by atoms with Gasteiger partial charge in [0.15, 0.2) is 5.96 Å². The molecule has 2 N–H and O–H groups in total. The largest absolute Gasteiger partial charge is 0.439 e. The maximum absolute atomic E-state index is 13.2. The van der Waals surface area contributed by atoms with E-state index in [2.05, 4.69) is 20.6 Å². The van der Waals surface area contributed by atoms with Crippen LogP contribution in [0.15, 0.2) is 47.6 Å². The lowest BCUT2D eigenvalue weighted by molar-refractivity contribution is 0.123. The van der Waals surface area contributed by atoms with Crippen molar-refractivity contribution in [3.05, 3.63) is 54.0 Å². The van der Waals surface area contributed by atoms with E-state index in [-0.39, 0.29) is 5.82 Å². The van der Waals surface area contributed by atoms with Gasteiger partial charge in [-0.15, -0.1) is 0 Å². The number of nitrogens with zero attached hydrogens (tertiary/aromatic N) is 2. The first-order valence-electron chi connectivity index (χ1n) is 10.2. The number of hydrogen-bond donors (Lipinski definition) is 2. The Morgan fingerprint density at radius 3 is 2.86 bits per heavy atom. The molecule has 0 amide bonds. The zero-order valence-electron chi connectivity index (χ0n) is 16.9. The van der Waals surface area contributed by atoms with E-state index in [0.29, 0.717) is 18.2 Å². The van der Waals surface area contributed by atoms with E-state index in [1.54, 1.807) is 24.4 Å². The first-order valence-corrected chi connectivity index (χ1v) is 10.2. The van der Waals surface area contributed by atoms with Crippen molar-refractivity contribution < 1.29 is 13.9 Å². The highest BCUT2D eigenvalue weighted by Gasteiger charge is 2.20. The van der Waals surface area contributed by atoms with Crippen molar-refractivity contribution in [2.24, 2.45) is 10.9 Å². The second-order valence-electron chi connectivity index (χ2n) is 7.06. The Labute approximate surface area is 171 Å². The maximum atomic E-state index is 13.2. The summed E-state index contributed by atoms with van der Waals surface area (Å²) in [7, 11) is 0. The van der Waals surface area contributed by atoms with Crippen LogP contribution in [0.4, 0.5) is 4.39 Å². The smallest absolute Gasteiger partial charge is 0.219 e. The summed E-state index contributed by atoms with van der Waals surface area (Å²) >= 11 is 0. The van der Waals surface area contributed by atoms with Crippen molar-refractivity contribution >= 4 is 5.96 Å². The van der Waals surface area contributed by atoms with Crippen molar-refractivity contribution in [2.75, 3.05) is 26.3 Å². The predicted octanol–water partition coefficient (Wildman–Crippen LogP) is 3.88. The molecule has 6 nitrogen and oxygen atoms in total. The normalized spacial score (nSPS) is 13.9. The fourth-order valence-corrected chi connectivity index (χ4v) is 2.64. The summed E-state index contributed by atoms with van der Waals surface area (Å²) in [4.78, 5) is 8.86. The van der Waals surface area contributed by atoms with Gasteiger partial charge in [-0.25, -0.2) is 14.4 Å². The van der Waals surface area contributed by atoms with Gasteiger partial charge in [-0.05, 0) is 49.8 Å². The number of pyridine rings is 1. The van der Waals surface area contributed by atoms with E-state index in [0.717, 1.165) is 50.2 Å². The molecule has 0 radical (unpaired) electrons. The highest BCUT2D eigenvalue weighted by molar-refractivity contribution is 5.79. The fourth-order valence-electron chi connectivity index (χ4n) is 2.64. The van der Waals surface area contributed by atoms with Gasteiger partial charge in [0, 0.05) is 44.6 Å².